The highest BCUT2D eigenvalue weighted by Gasteiger charge is 1.96. The Morgan fingerprint density at radius 1 is 1.38 bits per heavy atom. The van der Waals surface area contributed by atoms with Crippen LogP contribution in [0.15, 0.2) is 4.76 Å². The molecule has 0 aliphatic carbocycles. The summed E-state index contributed by atoms with van der Waals surface area (Å²) in [6, 6.07) is 0. The van der Waals surface area contributed by atoms with Gasteiger partial charge in [-0.1, -0.05) is 0 Å². The third-order valence-electron chi connectivity index (χ3n) is 0.281. The van der Waals surface area contributed by atoms with Gasteiger partial charge in [0, 0.05) is 0 Å². The molecule has 9 N–H and O–H groups in total. The number of nitrogens with one attached hydrogen (secondary N) is 1. The summed E-state index contributed by atoms with van der Waals surface area (Å²) in [5, 5.41) is 6.78. The highest BCUT2D eigenvalue weighted by molar-refractivity contribution is 7.59. The number of hydrogen-bond donors (Lipinski definition) is 5. The van der Waals surface area contributed by atoms with Crippen molar-refractivity contribution in [2.45, 2.75) is 0 Å². The molecule has 0 aromatic heterocycles. The van der Waals surface area contributed by atoms with Gasteiger partial charge in [-0.25, -0.2) is 0 Å². The fourth-order valence-corrected chi connectivity index (χ4v) is 0.573. The summed E-state index contributed by atoms with van der Waals surface area (Å²) in [6.45, 7) is 0. The minimum absolute atomic E-state index is 0.238. The summed E-state index contributed by atoms with van der Waals surface area (Å²) in [4.78, 5) is 0. The molecular formula is CH9N6P. The zero-order valence-corrected chi connectivity index (χ0v) is 5.10. The second kappa shape index (κ2) is 2.13. The van der Waals surface area contributed by atoms with Crippen LogP contribution < -0.4 is 22.5 Å². The van der Waals surface area contributed by atoms with Crippen LogP contribution >= 0.6 is 7.51 Å². The van der Waals surface area contributed by atoms with E-state index in [4.69, 9.17) is 27.6 Å². The van der Waals surface area contributed by atoms with Crippen molar-refractivity contribution in [3.05, 3.63) is 0 Å². The lowest BCUT2D eigenvalue weighted by Crippen LogP contribution is -2.23. The first-order valence-electron chi connectivity index (χ1n) is 1.74. The standard InChI is InChI=1S/CH9N6P/c2-1(3)7-8(4,5)6/h(H9,2,3,4,5,6,7). The molecule has 0 aliphatic heterocycles. The van der Waals surface area contributed by atoms with Crippen LogP contribution in [0.1, 0.15) is 0 Å². The molecule has 6 nitrogen and oxygen atoms in total. The predicted molar refractivity (Wildman–Crippen MR) is 33.8 cm³/mol. The molecule has 8 heavy (non-hydrogen) atoms. The van der Waals surface area contributed by atoms with Gasteiger partial charge in [-0.2, -0.15) is 4.76 Å². The van der Waals surface area contributed by atoms with Gasteiger partial charge in [0.25, 0.3) is 0 Å². The molecule has 0 aromatic carbocycles. The number of rotatable bonds is 1. The lowest BCUT2D eigenvalue weighted by Gasteiger charge is -2.00. The van der Waals surface area contributed by atoms with Crippen LogP contribution in [0.25, 0.3) is 0 Å². The number of hydrogen-bond acceptors (Lipinski definition) is 1. The number of nitrogens with two attached hydrogens (primary N) is 4. The van der Waals surface area contributed by atoms with E-state index in [0.29, 0.717) is 0 Å². The molecule has 0 aromatic rings. The molecule has 0 heterocycles. The van der Waals surface area contributed by atoms with E-state index < -0.39 is 7.51 Å². The second-order valence-electron chi connectivity index (χ2n) is 1.26. The fourth-order valence-electron chi connectivity index (χ4n) is 0.191. The molecule has 0 bridgehead atoms. The van der Waals surface area contributed by atoms with Gasteiger partial charge >= 0.3 is 0 Å². The molecule has 0 atom stereocenters. The van der Waals surface area contributed by atoms with Gasteiger partial charge in [0.15, 0.2) is 5.96 Å². The smallest absolute Gasteiger partial charge is 0.201 e. The Hall–Kier alpha value is -0.580. The van der Waals surface area contributed by atoms with E-state index in [1.165, 1.54) is 0 Å². The van der Waals surface area contributed by atoms with Gasteiger partial charge in [-0.3, -0.25) is 16.2 Å². The van der Waals surface area contributed by atoms with Crippen molar-refractivity contribution < 1.29 is 0 Å². The van der Waals surface area contributed by atoms with Gasteiger partial charge in [-0.15, -0.1) is 0 Å². The maximum Gasteiger partial charge on any atom is 0.201 e. The fraction of sp³-hybridized carbons (Fsp3) is 0. The molecular weight excluding hydrogens is 127 g/mol. The quantitative estimate of drug-likeness (QED) is 0.173. The van der Waals surface area contributed by atoms with Crippen LogP contribution in [0.3, 0.4) is 0 Å². The summed E-state index contributed by atoms with van der Waals surface area (Å²) in [7, 11) is -2.88. The summed E-state index contributed by atoms with van der Waals surface area (Å²) < 4.78 is 3.22. The van der Waals surface area contributed by atoms with E-state index in [9.17, 15) is 0 Å². The predicted octanol–water partition coefficient (Wildman–Crippen LogP) is -1.30. The molecule has 0 spiro atoms. The van der Waals surface area contributed by atoms with Crippen molar-refractivity contribution in [1.82, 2.24) is 0 Å². The van der Waals surface area contributed by atoms with Crippen molar-refractivity contribution in [2.24, 2.45) is 27.2 Å². The van der Waals surface area contributed by atoms with Crippen molar-refractivity contribution in [2.75, 3.05) is 0 Å². The normalized spacial score (nSPS) is 10.8. The minimum atomic E-state index is -2.88. The van der Waals surface area contributed by atoms with Crippen LogP contribution in [0.4, 0.5) is 0 Å². The lowest BCUT2D eigenvalue weighted by molar-refractivity contribution is 1.42. The Morgan fingerprint density at radius 2 is 1.75 bits per heavy atom. The van der Waals surface area contributed by atoms with Crippen LogP contribution in [-0.2, 0) is 0 Å². The highest BCUT2D eigenvalue weighted by atomic mass is 31.2. The minimum Gasteiger partial charge on any atom is -0.370 e. The zero-order chi connectivity index (χ0) is 6.78. The summed E-state index contributed by atoms with van der Waals surface area (Å²) in [6.07, 6.45) is 0. The molecule has 0 amide bonds. The molecule has 48 valence electrons. The maximum atomic E-state index is 6.78. The van der Waals surface area contributed by atoms with E-state index in [1.54, 1.807) is 0 Å². The molecule has 0 fully saturated rings. The Bertz CT molecular complexity index is 137. The lowest BCUT2D eigenvalue weighted by atomic mass is 11.1. The Morgan fingerprint density at radius 3 is 1.75 bits per heavy atom. The Kier molecular flexibility index (Phi) is 1.97. The van der Waals surface area contributed by atoms with Gasteiger partial charge in [0.2, 0.25) is 7.51 Å². The zero-order valence-electron chi connectivity index (χ0n) is 4.20. The average Bonchev–Trinajstić information content (AvgIpc) is 1.21. The van der Waals surface area contributed by atoms with Crippen LogP contribution in [0.2, 0.25) is 0 Å². The van der Waals surface area contributed by atoms with Crippen molar-refractivity contribution in [1.29, 1.82) is 5.16 Å². The molecule has 0 saturated carbocycles. The molecule has 0 unspecified atom stereocenters. The van der Waals surface area contributed by atoms with Crippen LogP contribution in [-0.4, -0.2) is 5.96 Å². The monoisotopic (exact) mass is 136 g/mol. The van der Waals surface area contributed by atoms with Crippen LogP contribution in [0.5, 0.6) is 0 Å². The maximum absolute atomic E-state index is 6.78. The molecule has 0 aliphatic rings. The summed E-state index contributed by atoms with van der Waals surface area (Å²) >= 11 is 0. The van der Waals surface area contributed by atoms with Crippen molar-refractivity contribution in [3.8, 4) is 0 Å². The molecule has 0 saturated heterocycles. The first-order chi connectivity index (χ1) is 3.42. The third kappa shape index (κ3) is 5.42. The van der Waals surface area contributed by atoms with Crippen LogP contribution in [0, 0.1) is 5.16 Å². The molecule has 0 rings (SSSR count). The van der Waals surface area contributed by atoms with E-state index in [0.717, 1.165) is 0 Å². The Labute approximate surface area is 46.9 Å². The SMILES string of the molecule is N=P(N)(N)N=C(N)N. The molecule has 7 heteroatoms. The average molecular weight is 136 g/mol. The van der Waals surface area contributed by atoms with Gasteiger partial charge in [0.05, 0.1) is 0 Å². The summed E-state index contributed by atoms with van der Waals surface area (Å²) in [5.41, 5.74) is 19.6. The first-order valence-corrected chi connectivity index (χ1v) is 3.62. The van der Waals surface area contributed by atoms with E-state index >= 15 is 0 Å². The van der Waals surface area contributed by atoms with Crippen molar-refractivity contribution in [3.63, 3.8) is 0 Å². The largest absolute Gasteiger partial charge is 0.370 e. The first kappa shape index (κ1) is 7.42. The highest BCUT2D eigenvalue weighted by Crippen LogP contribution is 2.26. The van der Waals surface area contributed by atoms with Crippen molar-refractivity contribution >= 4 is 13.5 Å². The van der Waals surface area contributed by atoms with Gasteiger partial charge in [-0.05, 0) is 0 Å². The topological polar surface area (TPSA) is 140 Å². The third-order valence-corrected chi connectivity index (χ3v) is 0.843. The van der Waals surface area contributed by atoms with Gasteiger partial charge < -0.3 is 11.5 Å². The molecule has 0 radical (unpaired) electrons. The number of guanidine groups is 1. The summed E-state index contributed by atoms with van der Waals surface area (Å²) in [5.74, 6) is -0.238. The van der Waals surface area contributed by atoms with E-state index in [-0.39, 0.29) is 5.96 Å². The van der Waals surface area contributed by atoms with E-state index in [1.807, 2.05) is 0 Å². The van der Waals surface area contributed by atoms with E-state index in [2.05, 4.69) is 4.76 Å². The Balaban J connectivity index is 4.11. The van der Waals surface area contributed by atoms with Gasteiger partial charge in [0.1, 0.15) is 0 Å². The second-order valence-corrected chi connectivity index (χ2v) is 2.94. The number of nitrogens with zero attached hydrogens (tertiary/aromatic N) is 1.